The molecule has 0 unspecified atom stereocenters. The molecule has 2 aromatic rings. The summed E-state index contributed by atoms with van der Waals surface area (Å²) in [6, 6.07) is 13.1. The van der Waals surface area contributed by atoms with E-state index in [0.29, 0.717) is 6.54 Å². The van der Waals surface area contributed by atoms with Crippen molar-refractivity contribution in [3.8, 4) is 0 Å². The summed E-state index contributed by atoms with van der Waals surface area (Å²) in [6.45, 7) is 0.619. The third-order valence-electron chi connectivity index (χ3n) is 4.14. The third kappa shape index (κ3) is 2.80. The van der Waals surface area contributed by atoms with Gasteiger partial charge in [0.15, 0.2) is 0 Å². The Morgan fingerprint density at radius 3 is 2.47 bits per heavy atom. The highest BCUT2D eigenvalue weighted by Crippen LogP contribution is 2.35. The summed E-state index contributed by atoms with van der Waals surface area (Å²) in [5.41, 5.74) is 7.08. The molecule has 3 rings (SSSR count). The number of nitrogens with two attached hydrogens (primary N) is 1. The van der Waals surface area contributed by atoms with Gasteiger partial charge in [-0.3, -0.25) is 0 Å². The normalized spacial score (nSPS) is 16.3. The number of thioether (sulfide) groups is 1. The minimum atomic E-state index is 0.619. The Balaban J connectivity index is 1.86. The molecular weight excluding hydrogens is 250 g/mol. The highest BCUT2D eigenvalue weighted by atomic mass is 32.2. The van der Waals surface area contributed by atoms with E-state index in [1.165, 1.54) is 52.7 Å². The SMILES string of the molecule is NCc1ccc(SCC2CCCC2)c2ccccc12. The van der Waals surface area contributed by atoms with Crippen molar-refractivity contribution in [1.82, 2.24) is 0 Å². The summed E-state index contributed by atoms with van der Waals surface area (Å²) in [4.78, 5) is 1.42. The van der Waals surface area contributed by atoms with Crippen LogP contribution < -0.4 is 5.73 Å². The van der Waals surface area contributed by atoms with Gasteiger partial charge in [-0.15, -0.1) is 11.8 Å². The van der Waals surface area contributed by atoms with Gasteiger partial charge in [-0.1, -0.05) is 43.2 Å². The second-order valence-corrected chi connectivity index (χ2v) is 6.50. The van der Waals surface area contributed by atoms with Gasteiger partial charge in [0.1, 0.15) is 0 Å². The van der Waals surface area contributed by atoms with Crippen molar-refractivity contribution in [2.75, 3.05) is 5.75 Å². The zero-order chi connectivity index (χ0) is 13.1. The number of hydrogen-bond acceptors (Lipinski definition) is 2. The van der Waals surface area contributed by atoms with Gasteiger partial charge in [-0.05, 0) is 41.2 Å². The van der Waals surface area contributed by atoms with Crippen molar-refractivity contribution in [3.05, 3.63) is 42.0 Å². The molecule has 0 spiro atoms. The smallest absolute Gasteiger partial charge is 0.0184 e. The average Bonchev–Trinajstić information content (AvgIpc) is 2.98. The van der Waals surface area contributed by atoms with Crippen LogP contribution in [0.3, 0.4) is 0 Å². The quantitative estimate of drug-likeness (QED) is 0.824. The molecule has 0 saturated heterocycles. The van der Waals surface area contributed by atoms with Crippen molar-refractivity contribution in [3.63, 3.8) is 0 Å². The molecule has 1 nitrogen and oxygen atoms in total. The fourth-order valence-electron chi connectivity index (χ4n) is 3.02. The molecule has 0 aliphatic heterocycles. The Hall–Kier alpha value is -0.990. The van der Waals surface area contributed by atoms with Crippen molar-refractivity contribution >= 4 is 22.5 Å². The van der Waals surface area contributed by atoms with Gasteiger partial charge >= 0.3 is 0 Å². The summed E-state index contributed by atoms with van der Waals surface area (Å²) in [6.07, 6.45) is 5.70. The first-order valence-electron chi connectivity index (χ1n) is 7.22. The van der Waals surface area contributed by atoms with Gasteiger partial charge in [-0.2, -0.15) is 0 Å². The van der Waals surface area contributed by atoms with E-state index in [1.807, 2.05) is 11.8 Å². The zero-order valence-electron chi connectivity index (χ0n) is 11.3. The molecule has 1 saturated carbocycles. The van der Waals surface area contributed by atoms with E-state index in [2.05, 4.69) is 36.4 Å². The fourth-order valence-corrected chi connectivity index (χ4v) is 4.27. The summed E-state index contributed by atoms with van der Waals surface area (Å²) in [5, 5.41) is 2.69. The minimum Gasteiger partial charge on any atom is -0.326 e. The van der Waals surface area contributed by atoms with E-state index in [0.717, 1.165) is 5.92 Å². The lowest BCUT2D eigenvalue weighted by Crippen LogP contribution is -1.99. The van der Waals surface area contributed by atoms with E-state index < -0.39 is 0 Å². The highest BCUT2D eigenvalue weighted by Gasteiger charge is 2.15. The molecule has 1 fully saturated rings. The minimum absolute atomic E-state index is 0.619. The van der Waals surface area contributed by atoms with E-state index in [1.54, 1.807) is 0 Å². The molecule has 0 bridgehead atoms. The molecule has 2 aromatic carbocycles. The molecule has 2 N–H and O–H groups in total. The van der Waals surface area contributed by atoms with Crippen molar-refractivity contribution in [2.45, 2.75) is 37.1 Å². The van der Waals surface area contributed by atoms with Crippen LogP contribution in [0.25, 0.3) is 10.8 Å². The maximum Gasteiger partial charge on any atom is 0.0184 e. The molecule has 0 amide bonds. The second-order valence-electron chi connectivity index (χ2n) is 5.43. The third-order valence-corrected chi connectivity index (χ3v) is 5.45. The lowest BCUT2D eigenvalue weighted by atomic mass is 10.0. The van der Waals surface area contributed by atoms with Gasteiger partial charge in [0.05, 0.1) is 0 Å². The van der Waals surface area contributed by atoms with E-state index in [9.17, 15) is 0 Å². The van der Waals surface area contributed by atoms with E-state index in [-0.39, 0.29) is 0 Å². The van der Waals surface area contributed by atoms with Crippen LogP contribution >= 0.6 is 11.8 Å². The lowest BCUT2D eigenvalue weighted by Gasteiger charge is -2.12. The molecule has 0 radical (unpaired) electrons. The molecule has 1 aliphatic rings. The summed E-state index contributed by atoms with van der Waals surface area (Å²) >= 11 is 2.03. The second kappa shape index (κ2) is 5.98. The molecular formula is C17H21NS. The molecule has 2 heteroatoms. The Morgan fingerprint density at radius 1 is 1.00 bits per heavy atom. The molecule has 0 heterocycles. The maximum atomic E-state index is 5.83. The van der Waals surface area contributed by atoms with E-state index >= 15 is 0 Å². The highest BCUT2D eigenvalue weighted by molar-refractivity contribution is 7.99. The Kier molecular flexibility index (Phi) is 4.09. The largest absolute Gasteiger partial charge is 0.326 e. The van der Waals surface area contributed by atoms with Gasteiger partial charge < -0.3 is 5.73 Å². The molecule has 100 valence electrons. The predicted octanol–water partition coefficient (Wildman–Crippen LogP) is 4.58. The van der Waals surface area contributed by atoms with Crippen LogP contribution in [0.2, 0.25) is 0 Å². The fraction of sp³-hybridized carbons (Fsp3) is 0.412. The maximum absolute atomic E-state index is 5.83. The summed E-state index contributed by atoms with van der Waals surface area (Å²) < 4.78 is 0. The number of rotatable bonds is 4. The number of benzene rings is 2. The molecule has 1 aliphatic carbocycles. The van der Waals surface area contributed by atoms with Crippen LogP contribution in [0.5, 0.6) is 0 Å². The van der Waals surface area contributed by atoms with Crippen LogP contribution in [-0.2, 0) is 6.54 Å². The first-order chi connectivity index (χ1) is 9.38. The first kappa shape index (κ1) is 13.0. The van der Waals surface area contributed by atoms with Crippen LogP contribution in [-0.4, -0.2) is 5.75 Å². The number of fused-ring (bicyclic) bond motifs is 1. The predicted molar refractivity (Wildman–Crippen MR) is 84.5 cm³/mol. The van der Waals surface area contributed by atoms with Crippen molar-refractivity contribution in [1.29, 1.82) is 0 Å². The Labute approximate surface area is 119 Å². The lowest BCUT2D eigenvalue weighted by molar-refractivity contribution is 0.623. The monoisotopic (exact) mass is 271 g/mol. The number of hydrogen-bond donors (Lipinski definition) is 1. The topological polar surface area (TPSA) is 26.0 Å². The zero-order valence-corrected chi connectivity index (χ0v) is 12.1. The van der Waals surface area contributed by atoms with E-state index in [4.69, 9.17) is 5.73 Å². The average molecular weight is 271 g/mol. The van der Waals surface area contributed by atoms with Gasteiger partial charge in [-0.25, -0.2) is 0 Å². The summed E-state index contributed by atoms with van der Waals surface area (Å²) in [7, 11) is 0. The van der Waals surface area contributed by atoms with Crippen molar-refractivity contribution in [2.24, 2.45) is 11.7 Å². The Bertz CT molecular complexity index is 558. The van der Waals surface area contributed by atoms with Crippen LogP contribution in [0.1, 0.15) is 31.2 Å². The van der Waals surface area contributed by atoms with Gasteiger partial charge in [0.25, 0.3) is 0 Å². The van der Waals surface area contributed by atoms with Gasteiger partial charge in [0, 0.05) is 17.2 Å². The molecule has 0 aromatic heterocycles. The van der Waals surface area contributed by atoms with Crippen LogP contribution in [0, 0.1) is 5.92 Å². The summed E-state index contributed by atoms with van der Waals surface area (Å²) in [5.74, 6) is 2.20. The van der Waals surface area contributed by atoms with Crippen molar-refractivity contribution < 1.29 is 0 Å². The Morgan fingerprint density at radius 2 is 1.74 bits per heavy atom. The van der Waals surface area contributed by atoms with Crippen LogP contribution in [0.15, 0.2) is 41.3 Å². The van der Waals surface area contributed by atoms with Crippen LogP contribution in [0.4, 0.5) is 0 Å². The first-order valence-corrected chi connectivity index (χ1v) is 8.20. The molecule has 19 heavy (non-hydrogen) atoms. The van der Waals surface area contributed by atoms with Gasteiger partial charge in [0.2, 0.25) is 0 Å². The standard InChI is InChI=1S/C17H21NS/c18-11-14-9-10-17(16-8-4-3-7-15(14)16)19-12-13-5-1-2-6-13/h3-4,7-10,13H,1-2,5-6,11-12,18H2. The molecule has 0 atom stereocenters.